The molecule has 23 heavy (non-hydrogen) atoms. The van der Waals surface area contributed by atoms with Crippen molar-refractivity contribution in [1.82, 2.24) is 15.0 Å². The molecule has 0 saturated carbocycles. The SMILES string of the molecule is Cc1cncc(OC2CCN(c3nc(C)ccc3C#N)CC2)n1. The zero-order chi connectivity index (χ0) is 16.2. The Kier molecular flexibility index (Phi) is 4.38. The quantitative estimate of drug-likeness (QED) is 0.866. The number of piperidine rings is 1. The monoisotopic (exact) mass is 309 g/mol. The molecule has 118 valence electrons. The highest BCUT2D eigenvalue weighted by atomic mass is 16.5. The summed E-state index contributed by atoms with van der Waals surface area (Å²) >= 11 is 0. The summed E-state index contributed by atoms with van der Waals surface area (Å²) in [5, 5.41) is 9.26. The summed E-state index contributed by atoms with van der Waals surface area (Å²) in [5.41, 5.74) is 2.40. The molecule has 1 fully saturated rings. The Labute approximate surface area is 135 Å². The number of nitriles is 1. The predicted molar refractivity (Wildman–Crippen MR) is 86.3 cm³/mol. The van der Waals surface area contributed by atoms with Crippen LogP contribution in [0.2, 0.25) is 0 Å². The lowest BCUT2D eigenvalue weighted by molar-refractivity contribution is 0.163. The van der Waals surface area contributed by atoms with E-state index in [4.69, 9.17) is 4.74 Å². The molecule has 6 heteroatoms. The summed E-state index contributed by atoms with van der Waals surface area (Å²) in [5.74, 6) is 1.36. The molecule has 3 heterocycles. The smallest absolute Gasteiger partial charge is 0.232 e. The molecule has 0 aromatic carbocycles. The van der Waals surface area contributed by atoms with Gasteiger partial charge in [0.15, 0.2) is 0 Å². The highest BCUT2D eigenvalue weighted by Crippen LogP contribution is 2.24. The predicted octanol–water partition coefficient (Wildman–Crippen LogP) is 2.41. The van der Waals surface area contributed by atoms with Crippen molar-refractivity contribution in [3.05, 3.63) is 41.5 Å². The Bertz CT molecular complexity index is 732. The first-order chi connectivity index (χ1) is 11.2. The molecule has 1 aliphatic heterocycles. The van der Waals surface area contributed by atoms with E-state index in [1.165, 1.54) is 0 Å². The Morgan fingerprint density at radius 3 is 2.61 bits per heavy atom. The second kappa shape index (κ2) is 6.61. The summed E-state index contributed by atoms with van der Waals surface area (Å²) in [6.07, 6.45) is 5.22. The summed E-state index contributed by atoms with van der Waals surface area (Å²) in [4.78, 5) is 15.1. The fourth-order valence-corrected chi connectivity index (χ4v) is 2.72. The first-order valence-corrected chi connectivity index (χ1v) is 7.73. The van der Waals surface area contributed by atoms with Gasteiger partial charge >= 0.3 is 0 Å². The number of pyridine rings is 1. The first kappa shape index (κ1) is 15.2. The molecular weight excluding hydrogens is 290 g/mol. The second-order valence-corrected chi connectivity index (χ2v) is 5.74. The van der Waals surface area contributed by atoms with Crippen molar-refractivity contribution >= 4 is 5.82 Å². The van der Waals surface area contributed by atoms with Crippen LogP contribution in [-0.4, -0.2) is 34.1 Å². The topological polar surface area (TPSA) is 74.9 Å². The van der Waals surface area contributed by atoms with E-state index in [0.717, 1.165) is 43.1 Å². The fourth-order valence-electron chi connectivity index (χ4n) is 2.72. The van der Waals surface area contributed by atoms with Crippen LogP contribution in [0.4, 0.5) is 5.82 Å². The molecule has 2 aromatic heterocycles. The normalized spacial score (nSPS) is 15.3. The lowest BCUT2D eigenvalue weighted by Crippen LogP contribution is -2.39. The molecule has 3 rings (SSSR count). The van der Waals surface area contributed by atoms with E-state index in [1.54, 1.807) is 12.4 Å². The summed E-state index contributed by atoms with van der Waals surface area (Å²) in [6.45, 7) is 5.47. The van der Waals surface area contributed by atoms with Crippen molar-refractivity contribution in [2.24, 2.45) is 0 Å². The van der Waals surface area contributed by atoms with Crippen LogP contribution in [0, 0.1) is 25.2 Å². The van der Waals surface area contributed by atoms with Crippen molar-refractivity contribution in [3.8, 4) is 11.9 Å². The van der Waals surface area contributed by atoms with Crippen molar-refractivity contribution < 1.29 is 4.74 Å². The minimum Gasteiger partial charge on any atom is -0.473 e. The second-order valence-electron chi connectivity index (χ2n) is 5.74. The Morgan fingerprint density at radius 1 is 1.13 bits per heavy atom. The average molecular weight is 309 g/mol. The van der Waals surface area contributed by atoms with Crippen LogP contribution in [0.1, 0.15) is 29.8 Å². The van der Waals surface area contributed by atoms with Gasteiger partial charge in [-0.1, -0.05) is 0 Å². The van der Waals surface area contributed by atoms with Gasteiger partial charge in [-0.25, -0.2) is 9.97 Å². The van der Waals surface area contributed by atoms with E-state index in [-0.39, 0.29) is 6.10 Å². The minimum atomic E-state index is 0.123. The van der Waals surface area contributed by atoms with Gasteiger partial charge in [-0.05, 0) is 26.0 Å². The van der Waals surface area contributed by atoms with Crippen LogP contribution in [0.25, 0.3) is 0 Å². The van der Waals surface area contributed by atoms with Gasteiger partial charge in [-0.15, -0.1) is 0 Å². The van der Waals surface area contributed by atoms with E-state index in [1.807, 2.05) is 26.0 Å². The van der Waals surface area contributed by atoms with Crippen LogP contribution in [0.15, 0.2) is 24.5 Å². The zero-order valence-electron chi connectivity index (χ0n) is 13.4. The number of nitrogens with zero attached hydrogens (tertiary/aromatic N) is 5. The van der Waals surface area contributed by atoms with E-state index in [0.29, 0.717) is 11.4 Å². The van der Waals surface area contributed by atoms with Gasteiger partial charge in [-0.3, -0.25) is 4.98 Å². The molecule has 1 saturated heterocycles. The maximum atomic E-state index is 9.26. The van der Waals surface area contributed by atoms with Crippen molar-refractivity contribution in [2.45, 2.75) is 32.8 Å². The third kappa shape index (κ3) is 3.57. The Balaban J connectivity index is 1.65. The van der Waals surface area contributed by atoms with Gasteiger partial charge in [0.2, 0.25) is 5.88 Å². The number of hydrogen-bond acceptors (Lipinski definition) is 6. The Morgan fingerprint density at radius 2 is 1.91 bits per heavy atom. The van der Waals surface area contributed by atoms with Gasteiger partial charge in [0, 0.05) is 37.8 Å². The van der Waals surface area contributed by atoms with Crippen LogP contribution in [0.3, 0.4) is 0 Å². The largest absolute Gasteiger partial charge is 0.473 e. The number of hydrogen-bond donors (Lipinski definition) is 0. The molecule has 0 radical (unpaired) electrons. The minimum absolute atomic E-state index is 0.123. The summed E-state index contributed by atoms with van der Waals surface area (Å²) < 4.78 is 5.91. The van der Waals surface area contributed by atoms with Crippen LogP contribution < -0.4 is 9.64 Å². The lowest BCUT2D eigenvalue weighted by atomic mass is 10.1. The van der Waals surface area contributed by atoms with Gasteiger partial charge < -0.3 is 9.64 Å². The van der Waals surface area contributed by atoms with E-state index in [2.05, 4.69) is 25.9 Å². The van der Waals surface area contributed by atoms with Crippen LogP contribution in [0.5, 0.6) is 5.88 Å². The third-order valence-corrected chi connectivity index (χ3v) is 3.90. The summed E-state index contributed by atoms with van der Waals surface area (Å²) in [6, 6.07) is 5.93. The molecule has 0 unspecified atom stereocenters. The van der Waals surface area contributed by atoms with E-state index < -0.39 is 0 Å². The van der Waals surface area contributed by atoms with Crippen LogP contribution >= 0.6 is 0 Å². The van der Waals surface area contributed by atoms with Crippen LogP contribution in [-0.2, 0) is 0 Å². The van der Waals surface area contributed by atoms with Crippen molar-refractivity contribution in [1.29, 1.82) is 5.26 Å². The van der Waals surface area contributed by atoms with Gasteiger partial charge in [0.1, 0.15) is 18.0 Å². The molecule has 0 N–H and O–H groups in total. The maximum absolute atomic E-state index is 9.26. The first-order valence-electron chi connectivity index (χ1n) is 7.73. The number of aromatic nitrogens is 3. The van der Waals surface area contributed by atoms with E-state index >= 15 is 0 Å². The third-order valence-electron chi connectivity index (χ3n) is 3.90. The van der Waals surface area contributed by atoms with Crippen molar-refractivity contribution in [2.75, 3.05) is 18.0 Å². The molecule has 1 aliphatic rings. The molecule has 0 bridgehead atoms. The zero-order valence-corrected chi connectivity index (χ0v) is 13.4. The van der Waals surface area contributed by atoms with E-state index in [9.17, 15) is 5.26 Å². The fraction of sp³-hybridized carbons (Fsp3) is 0.412. The van der Waals surface area contributed by atoms with Gasteiger partial charge in [-0.2, -0.15) is 5.26 Å². The standard InChI is InChI=1S/C17H19N5O/c1-12-3-4-14(9-18)17(21-12)22-7-5-15(6-8-22)23-16-11-19-10-13(2)20-16/h3-4,10-11,15H,5-8H2,1-2H3. The number of rotatable bonds is 3. The Hall–Kier alpha value is -2.68. The van der Waals surface area contributed by atoms with Gasteiger partial charge in [0.05, 0.1) is 17.5 Å². The summed E-state index contributed by atoms with van der Waals surface area (Å²) in [7, 11) is 0. The highest BCUT2D eigenvalue weighted by Gasteiger charge is 2.23. The number of anilines is 1. The van der Waals surface area contributed by atoms with Gasteiger partial charge in [0.25, 0.3) is 0 Å². The maximum Gasteiger partial charge on any atom is 0.232 e. The number of aryl methyl sites for hydroxylation is 2. The molecule has 0 amide bonds. The molecule has 0 aliphatic carbocycles. The molecule has 0 spiro atoms. The highest BCUT2D eigenvalue weighted by molar-refractivity contribution is 5.54. The lowest BCUT2D eigenvalue weighted by Gasteiger charge is -2.33. The molecule has 6 nitrogen and oxygen atoms in total. The van der Waals surface area contributed by atoms with Crippen molar-refractivity contribution in [3.63, 3.8) is 0 Å². The molecule has 0 atom stereocenters. The molecule has 2 aromatic rings. The average Bonchev–Trinajstić information content (AvgIpc) is 2.55. The number of ether oxygens (including phenoxy) is 1. The molecular formula is C17H19N5O.